The molecule has 13 heteroatoms. The Morgan fingerprint density at radius 2 is 1.85 bits per heavy atom. The van der Waals surface area contributed by atoms with Crippen molar-refractivity contribution in [3.05, 3.63) is 71.8 Å². The highest BCUT2D eigenvalue weighted by Crippen LogP contribution is 2.33. The van der Waals surface area contributed by atoms with Gasteiger partial charge in [0, 0.05) is 43.6 Å². The maximum Gasteiger partial charge on any atom is 0.435 e. The van der Waals surface area contributed by atoms with Crippen LogP contribution in [0.25, 0.3) is 16.7 Å². The number of rotatable bonds is 5. The zero-order chi connectivity index (χ0) is 27.9. The highest BCUT2D eigenvalue weighted by molar-refractivity contribution is 6.45. The Morgan fingerprint density at radius 3 is 2.49 bits per heavy atom. The minimum absolute atomic E-state index is 0.00513. The molecule has 3 aromatic heterocycles. The molecule has 0 saturated carbocycles. The third kappa shape index (κ3) is 4.71. The van der Waals surface area contributed by atoms with Gasteiger partial charge in [-0.2, -0.15) is 18.3 Å². The Bertz CT molecular complexity index is 1560. The fraction of sp³-hybridized carbons (Fsp3) is 0.269. The van der Waals surface area contributed by atoms with Crippen LogP contribution < -0.4 is 4.74 Å². The number of hydrogen-bond acceptors (Lipinski definition) is 6. The second kappa shape index (κ2) is 9.89. The maximum atomic E-state index is 13.4. The lowest BCUT2D eigenvalue weighted by Crippen LogP contribution is -2.56. The number of piperazine rings is 1. The predicted octanol–water partition coefficient (Wildman–Crippen LogP) is 3.33. The third-order valence-electron chi connectivity index (χ3n) is 6.61. The number of nitrogens with one attached hydrogen (secondary N) is 1. The molecule has 1 N–H and O–H groups in total. The quantitative estimate of drug-likeness (QED) is 0.307. The van der Waals surface area contributed by atoms with Gasteiger partial charge in [-0.15, -0.1) is 0 Å². The molecule has 0 radical (unpaired) electrons. The molecule has 1 unspecified atom stereocenters. The van der Waals surface area contributed by atoms with E-state index in [2.05, 4.69) is 15.1 Å². The van der Waals surface area contributed by atoms with Crippen molar-refractivity contribution in [3.8, 4) is 11.6 Å². The molecule has 1 aliphatic heterocycles. The molecule has 2 amide bonds. The number of Topliss-reactive ketones (excluding diaryl/α,β-unsaturated/α-hetero) is 1. The van der Waals surface area contributed by atoms with Crippen molar-refractivity contribution in [2.75, 3.05) is 26.7 Å². The predicted molar refractivity (Wildman–Crippen MR) is 133 cm³/mol. The fourth-order valence-electron chi connectivity index (χ4n) is 4.65. The lowest BCUT2D eigenvalue weighted by atomic mass is 10.1. The number of halogens is 3. The van der Waals surface area contributed by atoms with Crippen molar-refractivity contribution in [1.82, 2.24) is 29.5 Å². The number of aromatic nitrogens is 4. The number of nitrogens with zero attached hydrogens (tertiary/aromatic N) is 5. The summed E-state index contributed by atoms with van der Waals surface area (Å²) in [5.74, 6) is -1.61. The monoisotopic (exact) mass is 540 g/mol. The summed E-state index contributed by atoms with van der Waals surface area (Å²) in [6.07, 6.45) is -1.00. The lowest BCUT2D eigenvalue weighted by molar-refractivity contribution is -0.141. The Hall–Kier alpha value is -4.68. The van der Waals surface area contributed by atoms with Gasteiger partial charge in [0.1, 0.15) is 5.75 Å². The first kappa shape index (κ1) is 25.9. The van der Waals surface area contributed by atoms with Crippen LogP contribution in [0, 0.1) is 0 Å². The van der Waals surface area contributed by atoms with Gasteiger partial charge in [-0.25, -0.2) is 9.67 Å². The molecule has 5 rings (SSSR count). The first-order chi connectivity index (χ1) is 18.6. The van der Waals surface area contributed by atoms with Crippen molar-refractivity contribution >= 4 is 28.5 Å². The number of aromatic amines is 1. The molecule has 1 fully saturated rings. The highest BCUT2D eigenvalue weighted by Gasteiger charge is 2.36. The first-order valence-electron chi connectivity index (χ1n) is 12.0. The zero-order valence-corrected chi connectivity index (χ0v) is 20.9. The summed E-state index contributed by atoms with van der Waals surface area (Å²) in [4.78, 5) is 49.6. The van der Waals surface area contributed by atoms with Crippen LogP contribution in [0.15, 0.2) is 55.0 Å². The molecule has 0 bridgehead atoms. The van der Waals surface area contributed by atoms with E-state index in [9.17, 15) is 27.6 Å². The van der Waals surface area contributed by atoms with E-state index < -0.39 is 23.6 Å². The third-order valence-corrected chi connectivity index (χ3v) is 6.61. The van der Waals surface area contributed by atoms with E-state index >= 15 is 0 Å². The van der Waals surface area contributed by atoms with E-state index in [1.807, 2.05) is 6.07 Å². The number of methoxy groups -OCH3 is 1. The molecule has 39 heavy (non-hydrogen) atoms. The van der Waals surface area contributed by atoms with Gasteiger partial charge in [0.15, 0.2) is 11.5 Å². The van der Waals surface area contributed by atoms with Gasteiger partial charge < -0.3 is 19.5 Å². The van der Waals surface area contributed by atoms with Crippen molar-refractivity contribution in [3.63, 3.8) is 0 Å². The van der Waals surface area contributed by atoms with E-state index in [1.54, 1.807) is 36.1 Å². The maximum absolute atomic E-state index is 13.4. The van der Waals surface area contributed by atoms with Gasteiger partial charge in [0.05, 0.1) is 29.8 Å². The first-order valence-corrected chi connectivity index (χ1v) is 12.0. The summed E-state index contributed by atoms with van der Waals surface area (Å²) in [7, 11) is 1.35. The Labute approximate surface area is 220 Å². The number of carbonyl (C=O) groups excluding carboxylic acids is 3. The Balaban J connectivity index is 1.40. The standard InChI is InChI=1S/C26H23F3N6O4/c1-15-14-33(10-11-34(15)24(37)16-6-4-3-5-7-16)25(38)22(36)17-12-30-21-20(17)18(39-2)13-31-23(21)35-9-8-19(32-35)26(27,28)29/h3-9,12-13,15,30H,10-11,14H2,1-2H3. The molecule has 0 aliphatic carbocycles. The normalized spacial score (nSPS) is 16.0. The molecule has 202 valence electrons. The molecule has 1 aliphatic rings. The van der Waals surface area contributed by atoms with Crippen LogP contribution in [-0.4, -0.2) is 79.9 Å². The van der Waals surface area contributed by atoms with Gasteiger partial charge in [0.25, 0.3) is 17.6 Å². The average Bonchev–Trinajstić information content (AvgIpc) is 3.60. The van der Waals surface area contributed by atoms with E-state index in [4.69, 9.17) is 4.74 Å². The van der Waals surface area contributed by atoms with E-state index in [1.165, 1.54) is 24.4 Å². The summed E-state index contributed by atoms with van der Waals surface area (Å²) in [5.41, 5.74) is -0.413. The molecule has 1 saturated heterocycles. The Kier molecular flexibility index (Phi) is 6.58. The fourth-order valence-corrected chi connectivity index (χ4v) is 4.65. The smallest absolute Gasteiger partial charge is 0.435 e. The van der Waals surface area contributed by atoms with Crippen LogP contribution in [0.1, 0.15) is 33.3 Å². The second-order valence-corrected chi connectivity index (χ2v) is 9.04. The number of pyridine rings is 1. The number of hydrogen-bond donors (Lipinski definition) is 1. The largest absolute Gasteiger partial charge is 0.494 e. The van der Waals surface area contributed by atoms with Crippen molar-refractivity contribution in [1.29, 1.82) is 0 Å². The van der Waals surface area contributed by atoms with Gasteiger partial charge in [-0.3, -0.25) is 14.4 Å². The number of amides is 2. The van der Waals surface area contributed by atoms with E-state index in [0.29, 0.717) is 5.56 Å². The number of benzene rings is 1. The van der Waals surface area contributed by atoms with Gasteiger partial charge >= 0.3 is 6.18 Å². The van der Waals surface area contributed by atoms with Gasteiger partial charge in [0.2, 0.25) is 0 Å². The molecule has 1 atom stereocenters. The number of ether oxygens (including phenoxy) is 1. The molecule has 10 nitrogen and oxygen atoms in total. The Morgan fingerprint density at radius 1 is 1.10 bits per heavy atom. The molecule has 0 spiro atoms. The molecule has 4 heterocycles. The van der Waals surface area contributed by atoms with Crippen LogP contribution >= 0.6 is 0 Å². The molecule has 1 aromatic carbocycles. The number of H-pyrrole nitrogens is 1. The van der Waals surface area contributed by atoms with Crippen LogP contribution in [-0.2, 0) is 11.0 Å². The van der Waals surface area contributed by atoms with Crippen LogP contribution in [0.5, 0.6) is 5.75 Å². The van der Waals surface area contributed by atoms with E-state index in [-0.39, 0.29) is 59.6 Å². The van der Waals surface area contributed by atoms with Crippen LogP contribution in [0.3, 0.4) is 0 Å². The summed E-state index contributed by atoms with van der Waals surface area (Å²) in [5, 5.41) is 3.74. The van der Waals surface area contributed by atoms with Crippen LogP contribution in [0.2, 0.25) is 0 Å². The highest BCUT2D eigenvalue weighted by atomic mass is 19.4. The van der Waals surface area contributed by atoms with Crippen molar-refractivity contribution < 1.29 is 32.3 Å². The number of carbonyl (C=O) groups is 3. The molecule has 4 aromatic rings. The minimum Gasteiger partial charge on any atom is -0.494 e. The molecular weight excluding hydrogens is 517 g/mol. The van der Waals surface area contributed by atoms with Crippen LogP contribution in [0.4, 0.5) is 13.2 Å². The summed E-state index contributed by atoms with van der Waals surface area (Å²) in [6, 6.07) is 9.27. The number of ketones is 1. The summed E-state index contributed by atoms with van der Waals surface area (Å²) < 4.78 is 45.5. The number of fused-ring (bicyclic) bond motifs is 1. The topological polar surface area (TPSA) is 113 Å². The SMILES string of the molecule is COc1cnc(-n2ccc(C(F)(F)F)n2)c2[nH]cc(C(=O)C(=O)N3CCN(C(=O)c4ccccc4)C(C)C3)c12. The van der Waals surface area contributed by atoms with Gasteiger partial charge in [-0.05, 0) is 25.1 Å². The van der Waals surface area contributed by atoms with Crippen molar-refractivity contribution in [2.45, 2.75) is 19.1 Å². The second-order valence-electron chi connectivity index (χ2n) is 9.04. The summed E-state index contributed by atoms with van der Waals surface area (Å²) in [6.45, 7) is 2.37. The average molecular weight is 541 g/mol. The number of alkyl halides is 3. The summed E-state index contributed by atoms with van der Waals surface area (Å²) >= 11 is 0. The zero-order valence-electron chi connectivity index (χ0n) is 20.9. The molecular formula is C26H23F3N6O4. The lowest BCUT2D eigenvalue weighted by Gasteiger charge is -2.39. The van der Waals surface area contributed by atoms with Crippen molar-refractivity contribution in [2.24, 2.45) is 0 Å². The van der Waals surface area contributed by atoms with Gasteiger partial charge in [-0.1, -0.05) is 18.2 Å². The minimum atomic E-state index is -4.65. The van der Waals surface area contributed by atoms with E-state index in [0.717, 1.165) is 16.9 Å².